The minimum atomic E-state index is -4.39. The van der Waals surface area contributed by atoms with E-state index in [9.17, 15) is 13.2 Å². The summed E-state index contributed by atoms with van der Waals surface area (Å²) in [6.07, 6.45) is -4.39. The zero-order valence-corrected chi connectivity index (χ0v) is 12.7. The van der Waals surface area contributed by atoms with Gasteiger partial charge in [-0.2, -0.15) is 13.2 Å². The fourth-order valence-electron chi connectivity index (χ4n) is 2.33. The van der Waals surface area contributed by atoms with Crippen LogP contribution < -0.4 is 5.32 Å². The van der Waals surface area contributed by atoms with Gasteiger partial charge in [-0.25, -0.2) is 15.0 Å². The third-order valence-electron chi connectivity index (χ3n) is 3.52. The number of aryl methyl sites for hydroxylation is 3. The topological polar surface area (TPSA) is 55.6 Å². The summed E-state index contributed by atoms with van der Waals surface area (Å²) in [5, 5.41) is 2.94. The molecule has 0 amide bonds. The highest BCUT2D eigenvalue weighted by Gasteiger charge is 2.30. The molecule has 3 rings (SSSR count). The van der Waals surface area contributed by atoms with Crippen LogP contribution in [0.15, 0.2) is 24.3 Å². The van der Waals surface area contributed by atoms with Crippen molar-refractivity contribution in [1.29, 1.82) is 0 Å². The van der Waals surface area contributed by atoms with Gasteiger partial charge in [-0.05, 0) is 32.0 Å². The van der Waals surface area contributed by atoms with E-state index in [1.165, 1.54) is 6.07 Å². The predicted molar refractivity (Wildman–Crippen MR) is 80.5 cm³/mol. The summed E-state index contributed by atoms with van der Waals surface area (Å²) < 4.78 is 40.3. The summed E-state index contributed by atoms with van der Waals surface area (Å²) in [6.45, 7) is 3.53. The molecule has 5 nitrogen and oxygen atoms in total. The van der Waals surface area contributed by atoms with Crippen LogP contribution >= 0.6 is 0 Å². The molecule has 0 bridgehead atoms. The maximum absolute atomic E-state index is 12.8. The third-order valence-corrected chi connectivity index (χ3v) is 3.52. The van der Waals surface area contributed by atoms with Gasteiger partial charge >= 0.3 is 6.18 Å². The number of fused-ring (bicyclic) bond motifs is 1. The lowest BCUT2D eigenvalue weighted by molar-refractivity contribution is -0.137. The van der Waals surface area contributed by atoms with E-state index in [2.05, 4.69) is 20.3 Å². The van der Waals surface area contributed by atoms with E-state index in [-0.39, 0.29) is 0 Å². The van der Waals surface area contributed by atoms with Gasteiger partial charge in [0.25, 0.3) is 0 Å². The molecule has 0 radical (unpaired) electrons. The van der Waals surface area contributed by atoms with Crippen LogP contribution in [0.3, 0.4) is 0 Å². The molecule has 0 aliphatic rings. The highest BCUT2D eigenvalue weighted by molar-refractivity contribution is 5.86. The van der Waals surface area contributed by atoms with Crippen LogP contribution in [0.4, 0.5) is 24.7 Å². The number of hydrogen-bond acceptors (Lipinski definition) is 4. The molecule has 8 heteroatoms. The molecule has 0 aliphatic heterocycles. The highest BCUT2D eigenvalue weighted by atomic mass is 19.4. The number of aromatic nitrogens is 4. The average Bonchev–Trinajstić information content (AvgIpc) is 2.73. The fourth-order valence-corrected chi connectivity index (χ4v) is 2.33. The summed E-state index contributed by atoms with van der Waals surface area (Å²) in [6, 6.07) is 4.99. The Kier molecular flexibility index (Phi) is 3.46. The lowest BCUT2D eigenvalue weighted by Gasteiger charge is -2.11. The van der Waals surface area contributed by atoms with E-state index in [0.717, 1.165) is 18.0 Å². The molecule has 0 atom stereocenters. The van der Waals surface area contributed by atoms with Gasteiger partial charge in [0.05, 0.1) is 5.56 Å². The van der Waals surface area contributed by atoms with Crippen LogP contribution in [0.1, 0.15) is 17.2 Å². The minimum absolute atomic E-state index is 0.304. The van der Waals surface area contributed by atoms with E-state index >= 15 is 0 Å². The average molecular weight is 321 g/mol. The number of imidazole rings is 1. The van der Waals surface area contributed by atoms with Gasteiger partial charge in [-0.1, -0.05) is 6.07 Å². The van der Waals surface area contributed by atoms with Gasteiger partial charge in [-0.3, -0.25) is 0 Å². The number of hydrogen-bond donors (Lipinski definition) is 1. The van der Waals surface area contributed by atoms with Crippen molar-refractivity contribution in [2.75, 3.05) is 5.32 Å². The van der Waals surface area contributed by atoms with Gasteiger partial charge in [0.1, 0.15) is 17.2 Å². The molecular formula is C15H14F3N5. The second-order valence-corrected chi connectivity index (χ2v) is 5.21. The SMILES string of the molecule is Cc1nc(Nc2cccc(C(F)(F)F)c2)c2c(n1)nc(C)n2C. The van der Waals surface area contributed by atoms with Crippen LogP contribution in [-0.2, 0) is 13.2 Å². The first-order valence-corrected chi connectivity index (χ1v) is 6.87. The van der Waals surface area contributed by atoms with Crippen molar-refractivity contribution in [3.8, 4) is 0 Å². The maximum Gasteiger partial charge on any atom is 0.416 e. The van der Waals surface area contributed by atoms with Crippen LogP contribution in [-0.4, -0.2) is 19.5 Å². The molecule has 1 N–H and O–H groups in total. The summed E-state index contributed by atoms with van der Waals surface area (Å²) in [4.78, 5) is 12.9. The molecule has 0 fully saturated rings. The highest BCUT2D eigenvalue weighted by Crippen LogP contribution is 2.32. The standard InChI is InChI=1S/C15H14F3N5/c1-8-19-13-12(23(3)9(2)21-13)14(20-8)22-11-6-4-5-10(7-11)15(16,17)18/h4-7H,1-3H3,(H,19,20,22). The van der Waals surface area contributed by atoms with E-state index in [1.807, 2.05) is 6.92 Å². The molecule has 120 valence electrons. The number of nitrogens with one attached hydrogen (secondary N) is 1. The number of anilines is 2. The zero-order valence-electron chi connectivity index (χ0n) is 12.7. The molecule has 1 aromatic carbocycles. The van der Waals surface area contributed by atoms with Crippen LogP contribution in [0.25, 0.3) is 11.2 Å². The maximum atomic E-state index is 12.8. The van der Waals surface area contributed by atoms with Crippen LogP contribution in [0.2, 0.25) is 0 Å². The number of halogens is 3. The smallest absolute Gasteiger partial charge is 0.338 e. The summed E-state index contributed by atoms with van der Waals surface area (Å²) in [5.74, 6) is 1.66. The Morgan fingerprint density at radius 2 is 1.83 bits per heavy atom. The van der Waals surface area contributed by atoms with Crippen molar-refractivity contribution in [3.05, 3.63) is 41.5 Å². The van der Waals surface area contributed by atoms with E-state index in [4.69, 9.17) is 0 Å². The Labute approximate surface area is 130 Å². The zero-order chi connectivity index (χ0) is 16.8. The van der Waals surface area contributed by atoms with Crippen molar-refractivity contribution in [3.63, 3.8) is 0 Å². The quantitative estimate of drug-likeness (QED) is 0.781. The molecule has 2 aromatic heterocycles. The van der Waals surface area contributed by atoms with Gasteiger partial charge < -0.3 is 9.88 Å². The Bertz CT molecular complexity index is 883. The van der Waals surface area contributed by atoms with Crippen molar-refractivity contribution >= 4 is 22.7 Å². The summed E-state index contributed by atoms with van der Waals surface area (Å²) in [5.41, 5.74) is 0.737. The summed E-state index contributed by atoms with van der Waals surface area (Å²) >= 11 is 0. The molecule has 0 spiro atoms. The largest absolute Gasteiger partial charge is 0.416 e. The molecule has 0 saturated heterocycles. The number of nitrogens with zero attached hydrogens (tertiary/aromatic N) is 4. The van der Waals surface area contributed by atoms with Gasteiger partial charge in [0, 0.05) is 12.7 Å². The molecule has 23 heavy (non-hydrogen) atoms. The number of rotatable bonds is 2. The van der Waals surface area contributed by atoms with Crippen molar-refractivity contribution in [1.82, 2.24) is 19.5 Å². The molecule has 2 heterocycles. The van der Waals surface area contributed by atoms with Crippen LogP contribution in [0, 0.1) is 13.8 Å². The Morgan fingerprint density at radius 1 is 1.09 bits per heavy atom. The summed E-state index contributed by atoms with van der Waals surface area (Å²) in [7, 11) is 1.81. The van der Waals surface area contributed by atoms with Gasteiger partial charge in [0.15, 0.2) is 11.5 Å². The molecular weight excluding hydrogens is 307 g/mol. The van der Waals surface area contributed by atoms with E-state index in [1.54, 1.807) is 24.6 Å². The second-order valence-electron chi connectivity index (χ2n) is 5.21. The lowest BCUT2D eigenvalue weighted by Crippen LogP contribution is -2.06. The number of benzene rings is 1. The second kappa shape index (κ2) is 5.22. The molecule has 0 saturated carbocycles. The van der Waals surface area contributed by atoms with Crippen molar-refractivity contribution in [2.24, 2.45) is 7.05 Å². The van der Waals surface area contributed by atoms with Crippen molar-refractivity contribution < 1.29 is 13.2 Å². The predicted octanol–water partition coefficient (Wildman–Crippen LogP) is 3.74. The van der Waals surface area contributed by atoms with Crippen LogP contribution in [0.5, 0.6) is 0 Å². The molecule has 0 aliphatic carbocycles. The normalized spacial score (nSPS) is 11.9. The molecule has 3 aromatic rings. The monoisotopic (exact) mass is 321 g/mol. The number of alkyl halides is 3. The minimum Gasteiger partial charge on any atom is -0.338 e. The first kappa shape index (κ1) is 15.3. The first-order chi connectivity index (χ1) is 10.8. The fraction of sp³-hybridized carbons (Fsp3) is 0.267. The Morgan fingerprint density at radius 3 is 2.52 bits per heavy atom. The van der Waals surface area contributed by atoms with Gasteiger partial charge in [-0.15, -0.1) is 0 Å². The van der Waals surface area contributed by atoms with E-state index in [0.29, 0.717) is 28.5 Å². The lowest BCUT2D eigenvalue weighted by atomic mass is 10.2. The first-order valence-electron chi connectivity index (χ1n) is 6.87. The Hall–Kier alpha value is -2.64. The third kappa shape index (κ3) is 2.84. The molecule has 0 unspecified atom stereocenters. The Balaban J connectivity index is 2.08. The van der Waals surface area contributed by atoms with Gasteiger partial charge in [0.2, 0.25) is 0 Å². The van der Waals surface area contributed by atoms with Crippen molar-refractivity contribution in [2.45, 2.75) is 20.0 Å². The van der Waals surface area contributed by atoms with E-state index < -0.39 is 11.7 Å².